The minimum Gasteiger partial charge on any atom is -0.454 e. The first kappa shape index (κ1) is 14.3. The molecule has 4 rings (SSSR count). The van der Waals surface area contributed by atoms with Crippen LogP contribution in [0.3, 0.4) is 0 Å². The second-order valence-corrected chi connectivity index (χ2v) is 7.23. The van der Waals surface area contributed by atoms with Gasteiger partial charge in [-0.2, -0.15) is 0 Å². The average Bonchev–Trinajstić information content (AvgIpc) is 3.25. The number of nitrogens with zero attached hydrogens (tertiary/aromatic N) is 4. The molecule has 1 aromatic carbocycles. The molecule has 0 radical (unpaired) electrons. The number of benzene rings is 1. The summed E-state index contributed by atoms with van der Waals surface area (Å²) in [7, 11) is 0. The number of hydrogen-bond donors (Lipinski definition) is 0. The van der Waals surface area contributed by atoms with Crippen LogP contribution in [0.4, 0.5) is 0 Å². The molecule has 1 fully saturated rings. The highest BCUT2D eigenvalue weighted by Crippen LogP contribution is 2.39. The van der Waals surface area contributed by atoms with Gasteiger partial charge in [-0.25, -0.2) is 4.68 Å². The maximum atomic E-state index is 5.44. The zero-order chi connectivity index (χ0) is 14.9. The lowest BCUT2D eigenvalue weighted by atomic mass is 10.2. The fraction of sp³-hybridized carbons (Fsp3) is 0.500. The number of thioether (sulfide) groups is 1. The van der Waals surface area contributed by atoms with E-state index in [1.54, 1.807) is 11.8 Å². The van der Waals surface area contributed by atoms with Crippen molar-refractivity contribution in [3.8, 4) is 11.5 Å². The quantitative estimate of drug-likeness (QED) is 0.753. The Morgan fingerprint density at radius 3 is 2.82 bits per heavy atom. The predicted octanol–water partition coefficient (Wildman–Crippen LogP) is 3.57. The lowest BCUT2D eigenvalue weighted by Crippen LogP contribution is -2.08. The zero-order valence-corrected chi connectivity index (χ0v) is 14.3. The first-order chi connectivity index (χ1) is 10.8. The summed E-state index contributed by atoms with van der Waals surface area (Å²) in [5, 5.41) is 13.1. The second-order valence-electron chi connectivity index (χ2n) is 5.43. The van der Waals surface area contributed by atoms with Gasteiger partial charge >= 0.3 is 0 Å². The van der Waals surface area contributed by atoms with Crippen LogP contribution >= 0.6 is 27.7 Å². The topological polar surface area (TPSA) is 62.1 Å². The fourth-order valence-corrected chi connectivity index (χ4v) is 4.45. The molecule has 0 unspecified atom stereocenters. The molecule has 1 aliphatic carbocycles. The molecule has 1 aliphatic heterocycles. The van der Waals surface area contributed by atoms with Crippen molar-refractivity contribution in [3.63, 3.8) is 0 Å². The normalized spacial score (nSPS) is 17.3. The van der Waals surface area contributed by atoms with Gasteiger partial charge in [-0.05, 0) is 41.0 Å². The van der Waals surface area contributed by atoms with Crippen LogP contribution in [0, 0.1) is 0 Å². The largest absolute Gasteiger partial charge is 0.454 e. The molecule has 0 N–H and O–H groups in total. The van der Waals surface area contributed by atoms with E-state index in [4.69, 9.17) is 9.47 Å². The smallest absolute Gasteiger partial charge is 0.231 e. The molecule has 1 aromatic heterocycles. The molecule has 0 bridgehead atoms. The van der Waals surface area contributed by atoms with Gasteiger partial charge in [-0.3, -0.25) is 0 Å². The number of tetrazole rings is 1. The third-order valence-electron chi connectivity index (χ3n) is 4.03. The Balaban J connectivity index is 1.50. The zero-order valence-electron chi connectivity index (χ0n) is 11.9. The van der Waals surface area contributed by atoms with Gasteiger partial charge in [0.2, 0.25) is 11.9 Å². The van der Waals surface area contributed by atoms with E-state index in [9.17, 15) is 0 Å². The van der Waals surface area contributed by atoms with Gasteiger partial charge in [-0.1, -0.05) is 40.5 Å². The van der Waals surface area contributed by atoms with Crippen LogP contribution in [-0.4, -0.2) is 27.0 Å². The number of hydrogen-bond acceptors (Lipinski definition) is 6. The van der Waals surface area contributed by atoms with Crippen LogP contribution in [0.1, 0.15) is 37.3 Å². The summed E-state index contributed by atoms with van der Waals surface area (Å²) in [5.41, 5.74) is 1.15. The molecule has 6 nitrogen and oxygen atoms in total. The average molecular weight is 383 g/mol. The van der Waals surface area contributed by atoms with E-state index in [1.165, 1.54) is 25.7 Å². The minimum absolute atomic E-state index is 0.290. The number of rotatable bonds is 4. The van der Waals surface area contributed by atoms with Crippen LogP contribution in [0.2, 0.25) is 0 Å². The van der Waals surface area contributed by atoms with Crippen molar-refractivity contribution in [2.24, 2.45) is 0 Å². The van der Waals surface area contributed by atoms with E-state index >= 15 is 0 Å². The van der Waals surface area contributed by atoms with Crippen molar-refractivity contribution in [1.82, 2.24) is 20.2 Å². The van der Waals surface area contributed by atoms with Gasteiger partial charge in [0.1, 0.15) is 0 Å². The monoisotopic (exact) mass is 382 g/mol. The highest BCUT2D eigenvalue weighted by molar-refractivity contribution is 9.10. The van der Waals surface area contributed by atoms with Gasteiger partial charge in [-0.15, -0.1) is 5.10 Å². The summed E-state index contributed by atoms with van der Waals surface area (Å²) < 4.78 is 13.8. The molecule has 2 aromatic rings. The van der Waals surface area contributed by atoms with Crippen LogP contribution in [0.15, 0.2) is 21.8 Å². The molecule has 2 aliphatic rings. The standard InChI is InChI=1S/C14H15BrN4O2S/c15-11-6-13-12(20-8-21-13)5-9(11)7-22-14-16-17-18-19(14)10-3-1-2-4-10/h5-6,10H,1-4,7-8H2. The van der Waals surface area contributed by atoms with Crippen molar-refractivity contribution in [2.45, 2.75) is 42.6 Å². The Morgan fingerprint density at radius 2 is 2.00 bits per heavy atom. The Kier molecular flexibility index (Phi) is 3.96. The van der Waals surface area contributed by atoms with Crippen LogP contribution < -0.4 is 9.47 Å². The lowest BCUT2D eigenvalue weighted by molar-refractivity contribution is 0.174. The van der Waals surface area contributed by atoms with E-state index in [0.717, 1.165) is 32.4 Å². The molecule has 1 saturated carbocycles. The lowest BCUT2D eigenvalue weighted by Gasteiger charge is -2.11. The van der Waals surface area contributed by atoms with E-state index in [2.05, 4.69) is 31.5 Å². The highest BCUT2D eigenvalue weighted by atomic mass is 79.9. The maximum absolute atomic E-state index is 5.44. The maximum Gasteiger partial charge on any atom is 0.231 e. The van der Waals surface area contributed by atoms with Crippen molar-refractivity contribution in [2.75, 3.05) is 6.79 Å². The minimum atomic E-state index is 0.290. The van der Waals surface area contributed by atoms with Gasteiger partial charge in [0.25, 0.3) is 0 Å². The highest BCUT2D eigenvalue weighted by Gasteiger charge is 2.22. The van der Waals surface area contributed by atoms with Crippen LogP contribution in [-0.2, 0) is 5.75 Å². The van der Waals surface area contributed by atoms with Crippen molar-refractivity contribution >= 4 is 27.7 Å². The fourth-order valence-electron chi connectivity index (χ4n) is 2.87. The molecular formula is C14H15BrN4O2S. The van der Waals surface area contributed by atoms with E-state index < -0.39 is 0 Å². The van der Waals surface area contributed by atoms with Gasteiger partial charge in [0, 0.05) is 10.2 Å². The third-order valence-corrected chi connectivity index (χ3v) is 5.75. The molecule has 0 spiro atoms. The summed E-state index contributed by atoms with van der Waals surface area (Å²) in [4.78, 5) is 0. The van der Waals surface area contributed by atoms with E-state index in [1.807, 2.05) is 16.8 Å². The SMILES string of the molecule is Brc1cc2c(cc1CSc1nnnn1C1CCCC1)OCO2. The van der Waals surface area contributed by atoms with Crippen molar-refractivity contribution < 1.29 is 9.47 Å². The second kappa shape index (κ2) is 6.08. The number of fused-ring (bicyclic) bond motifs is 1. The van der Waals surface area contributed by atoms with Crippen molar-refractivity contribution in [3.05, 3.63) is 22.2 Å². The first-order valence-corrected chi connectivity index (χ1v) is 9.08. The van der Waals surface area contributed by atoms with Crippen molar-refractivity contribution in [1.29, 1.82) is 0 Å². The summed E-state index contributed by atoms with van der Waals surface area (Å²) in [6.07, 6.45) is 4.88. The van der Waals surface area contributed by atoms with E-state index in [-0.39, 0.29) is 6.79 Å². The summed E-state index contributed by atoms with van der Waals surface area (Å²) in [5.74, 6) is 2.37. The van der Waals surface area contributed by atoms with Gasteiger partial charge in [0.15, 0.2) is 11.5 Å². The summed E-state index contributed by atoms with van der Waals surface area (Å²) in [6.45, 7) is 0.290. The van der Waals surface area contributed by atoms with Gasteiger partial charge < -0.3 is 9.47 Å². The molecule has 0 atom stereocenters. The third kappa shape index (κ3) is 2.69. The number of halogens is 1. The Labute approximate surface area is 140 Å². The predicted molar refractivity (Wildman–Crippen MR) is 85.1 cm³/mol. The molecule has 8 heteroatoms. The summed E-state index contributed by atoms with van der Waals surface area (Å²) in [6, 6.07) is 4.43. The molecule has 2 heterocycles. The van der Waals surface area contributed by atoms with Crippen LogP contribution in [0.25, 0.3) is 0 Å². The van der Waals surface area contributed by atoms with Crippen LogP contribution in [0.5, 0.6) is 11.5 Å². The Hall–Kier alpha value is -1.28. The molecular weight excluding hydrogens is 368 g/mol. The molecule has 22 heavy (non-hydrogen) atoms. The molecule has 0 saturated heterocycles. The number of ether oxygens (including phenoxy) is 2. The summed E-state index contributed by atoms with van der Waals surface area (Å²) >= 11 is 5.25. The first-order valence-electron chi connectivity index (χ1n) is 7.30. The number of aromatic nitrogens is 4. The Morgan fingerprint density at radius 1 is 1.23 bits per heavy atom. The Bertz CT molecular complexity index is 687. The van der Waals surface area contributed by atoms with Gasteiger partial charge in [0.05, 0.1) is 6.04 Å². The molecule has 116 valence electrons. The molecule has 0 amide bonds. The van der Waals surface area contributed by atoms with E-state index in [0.29, 0.717) is 6.04 Å².